The second-order valence-electron chi connectivity index (χ2n) is 3.85. The van der Waals surface area contributed by atoms with Crippen molar-refractivity contribution in [3.63, 3.8) is 0 Å². The Labute approximate surface area is 101 Å². The number of carbonyl (C=O) groups is 1. The van der Waals surface area contributed by atoms with Gasteiger partial charge >= 0.3 is 0 Å². The van der Waals surface area contributed by atoms with Gasteiger partial charge in [0.25, 0.3) is 0 Å². The molecule has 1 unspecified atom stereocenters. The third kappa shape index (κ3) is 4.46. The average molecular weight is 238 g/mol. The van der Waals surface area contributed by atoms with Gasteiger partial charge in [0.1, 0.15) is 0 Å². The van der Waals surface area contributed by atoms with Crippen molar-refractivity contribution < 1.29 is 9.53 Å². The Balaban J connectivity index is 2.61. The Kier molecular flexibility index (Phi) is 4.99. The van der Waals surface area contributed by atoms with E-state index in [1.807, 2.05) is 19.9 Å². The van der Waals surface area contributed by atoms with Crippen molar-refractivity contribution in [2.24, 2.45) is 5.73 Å². The van der Waals surface area contributed by atoms with Crippen LogP contribution in [-0.4, -0.2) is 35.6 Å². The van der Waals surface area contributed by atoms with Crippen LogP contribution in [-0.2, 0) is 9.53 Å². The minimum absolute atomic E-state index is 0.292. The van der Waals surface area contributed by atoms with Crippen LogP contribution in [0.2, 0.25) is 0 Å². The maximum Gasteiger partial charge on any atom is 0.243 e. The number of nitrogens with two attached hydrogens (primary N) is 1. The van der Waals surface area contributed by atoms with Gasteiger partial charge in [-0.3, -0.25) is 10.1 Å². The van der Waals surface area contributed by atoms with Crippen LogP contribution < -0.4 is 11.1 Å². The van der Waals surface area contributed by atoms with Crippen molar-refractivity contribution >= 4 is 11.9 Å². The third-order valence-corrected chi connectivity index (χ3v) is 2.19. The normalized spacial score (nSPS) is 12.2. The molecule has 1 atom stereocenters. The Morgan fingerprint density at radius 2 is 2.06 bits per heavy atom. The van der Waals surface area contributed by atoms with Crippen molar-refractivity contribution in [1.82, 2.24) is 9.97 Å². The monoisotopic (exact) mass is 238 g/mol. The zero-order valence-electron chi connectivity index (χ0n) is 10.4. The van der Waals surface area contributed by atoms with Gasteiger partial charge in [-0.25, -0.2) is 9.97 Å². The Bertz CT molecular complexity index is 375. The molecule has 94 valence electrons. The summed E-state index contributed by atoms with van der Waals surface area (Å²) in [7, 11) is 1.57. The summed E-state index contributed by atoms with van der Waals surface area (Å²) >= 11 is 0. The molecule has 0 saturated heterocycles. The van der Waals surface area contributed by atoms with E-state index in [-0.39, 0.29) is 5.91 Å². The van der Waals surface area contributed by atoms with E-state index in [1.165, 1.54) is 0 Å². The van der Waals surface area contributed by atoms with Crippen LogP contribution in [0.5, 0.6) is 0 Å². The molecule has 0 fully saturated rings. The van der Waals surface area contributed by atoms with E-state index < -0.39 is 6.04 Å². The first-order valence-corrected chi connectivity index (χ1v) is 5.40. The largest absolute Gasteiger partial charge is 0.385 e. The summed E-state index contributed by atoms with van der Waals surface area (Å²) in [5, 5.41) is 2.59. The summed E-state index contributed by atoms with van der Waals surface area (Å²) in [5.74, 6) is -0.00702. The van der Waals surface area contributed by atoms with E-state index in [0.29, 0.717) is 19.0 Å². The molecule has 1 amide bonds. The first-order chi connectivity index (χ1) is 8.02. The predicted molar refractivity (Wildman–Crippen MR) is 64.6 cm³/mol. The van der Waals surface area contributed by atoms with Gasteiger partial charge in [-0.1, -0.05) is 0 Å². The SMILES string of the molecule is COCCC(N)C(=O)Nc1nc(C)cc(C)n1. The van der Waals surface area contributed by atoms with E-state index in [1.54, 1.807) is 7.11 Å². The number of hydrogen-bond donors (Lipinski definition) is 2. The zero-order valence-corrected chi connectivity index (χ0v) is 10.4. The first-order valence-electron chi connectivity index (χ1n) is 5.40. The van der Waals surface area contributed by atoms with Crippen LogP contribution in [0.1, 0.15) is 17.8 Å². The Hall–Kier alpha value is -1.53. The van der Waals surface area contributed by atoms with Crippen LogP contribution in [0, 0.1) is 13.8 Å². The molecule has 3 N–H and O–H groups in total. The molecule has 0 radical (unpaired) electrons. The number of nitrogens with one attached hydrogen (secondary N) is 1. The summed E-state index contributed by atoms with van der Waals surface area (Å²) in [6.45, 7) is 4.13. The average Bonchev–Trinajstić information content (AvgIpc) is 2.24. The van der Waals surface area contributed by atoms with E-state index >= 15 is 0 Å². The van der Waals surface area contributed by atoms with Gasteiger partial charge in [0, 0.05) is 25.1 Å². The molecule has 0 aliphatic heterocycles. The van der Waals surface area contributed by atoms with Gasteiger partial charge in [0.05, 0.1) is 6.04 Å². The lowest BCUT2D eigenvalue weighted by Crippen LogP contribution is -2.37. The van der Waals surface area contributed by atoms with Gasteiger partial charge in [-0.05, 0) is 26.3 Å². The number of aryl methyl sites for hydroxylation is 2. The summed E-state index contributed by atoms with van der Waals surface area (Å²) in [4.78, 5) is 19.9. The Morgan fingerprint density at radius 3 is 2.59 bits per heavy atom. The number of anilines is 1. The smallest absolute Gasteiger partial charge is 0.243 e. The minimum Gasteiger partial charge on any atom is -0.385 e. The quantitative estimate of drug-likeness (QED) is 0.774. The summed E-state index contributed by atoms with van der Waals surface area (Å²) in [6, 6.07) is 1.22. The van der Waals surface area contributed by atoms with Crippen LogP contribution >= 0.6 is 0 Å². The molecule has 0 spiro atoms. The van der Waals surface area contributed by atoms with Crippen LogP contribution in [0.4, 0.5) is 5.95 Å². The molecule has 1 heterocycles. The molecule has 1 aromatic heterocycles. The second-order valence-corrected chi connectivity index (χ2v) is 3.85. The fourth-order valence-corrected chi connectivity index (χ4v) is 1.36. The number of rotatable bonds is 5. The number of ether oxygens (including phenoxy) is 1. The molecule has 6 nitrogen and oxygen atoms in total. The number of hydrogen-bond acceptors (Lipinski definition) is 5. The lowest BCUT2D eigenvalue weighted by atomic mass is 10.2. The van der Waals surface area contributed by atoms with Crippen molar-refractivity contribution in [3.8, 4) is 0 Å². The molecular weight excluding hydrogens is 220 g/mol. The number of nitrogens with zero attached hydrogens (tertiary/aromatic N) is 2. The highest BCUT2D eigenvalue weighted by atomic mass is 16.5. The highest BCUT2D eigenvalue weighted by Crippen LogP contribution is 2.04. The van der Waals surface area contributed by atoms with Crippen molar-refractivity contribution in [1.29, 1.82) is 0 Å². The minimum atomic E-state index is -0.612. The standard InChI is InChI=1S/C11H18N4O2/c1-7-6-8(2)14-11(13-7)15-10(16)9(12)4-5-17-3/h6,9H,4-5,12H2,1-3H3,(H,13,14,15,16). The van der Waals surface area contributed by atoms with Gasteiger partial charge in [0.15, 0.2) is 0 Å². The fourth-order valence-electron chi connectivity index (χ4n) is 1.36. The molecule has 6 heteroatoms. The van der Waals surface area contributed by atoms with E-state index in [0.717, 1.165) is 11.4 Å². The predicted octanol–water partition coefficient (Wildman–Crippen LogP) is 0.396. The fraction of sp³-hybridized carbons (Fsp3) is 0.545. The number of methoxy groups -OCH3 is 1. The van der Waals surface area contributed by atoms with Crippen LogP contribution in [0.25, 0.3) is 0 Å². The second kappa shape index (κ2) is 6.27. The zero-order chi connectivity index (χ0) is 12.8. The summed E-state index contributed by atoms with van der Waals surface area (Å²) < 4.78 is 4.86. The van der Waals surface area contributed by atoms with Gasteiger partial charge < -0.3 is 10.5 Å². The lowest BCUT2D eigenvalue weighted by molar-refractivity contribution is -0.117. The first kappa shape index (κ1) is 13.5. The number of amides is 1. The molecule has 1 rings (SSSR count). The van der Waals surface area contributed by atoms with Gasteiger partial charge in [-0.2, -0.15) is 0 Å². The third-order valence-electron chi connectivity index (χ3n) is 2.19. The van der Waals surface area contributed by atoms with Crippen LogP contribution in [0.15, 0.2) is 6.07 Å². The highest BCUT2D eigenvalue weighted by Gasteiger charge is 2.14. The molecular formula is C11H18N4O2. The van der Waals surface area contributed by atoms with E-state index in [2.05, 4.69) is 15.3 Å². The summed E-state index contributed by atoms with van der Waals surface area (Å²) in [6.07, 6.45) is 0.465. The maximum atomic E-state index is 11.7. The molecule has 0 saturated carbocycles. The molecule has 0 aliphatic rings. The van der Waals surface area contributed by atoms with Gasteiger partial charge in [0.2, 0.25) is 11.9 Å². The van der Waals surface area contributed by atoms with Crippen molar-refractivity contribution in [3.05, 3.63) is 17.5 Å². The highest BCUT2D eigenvalue weighted by molar-refractivity contribution is 5.93. The summed E-state index contributed by atoms with van der Waals surface area (Å²) in [5.41, 5.74) is 7.29. The van der Waals surface area contributed by atoms with Crippen molar-refractivity contribution in [2.45, 2.75) is 26.3 Å². The van der Waals surface area contributed by atoms with Crippen molar-refractivity contribution in [2.75, 3.05) is 19.0 Å². The number of aromatic nitrogens is 2. The Morgan fingerprint density at radius 1 is 1.47 bits per heavy atom. The van der Waals surface area contributed by atoms with E-state index in [9.17, 15) is 4.79 Å². The molecule has 0 aromatic carbocycles. The number of carbonyl (C=O) groups excluding carboxylic acids is 1. The molecule has 1 aromatic rings. The van der Waals surface area contributed by atoms with Crippen LogP contribution in [0.3, 0.4) is 0 Å². The molecule has 17 heavy (non-hydrogen) atoms. The lowest BCUT2D eigenvalue weighted by Gasteiger charge is -2.11. The maximum absolute atomic E-state index is 11.7. The van der Waals surface area contributed by atoms with E-state index in [4.69, 9.17) is 10.5 Å². The topological polar surface area (TPSA) is 90.1 Å². The molecule has 0 bridgehead atoms. The van der Waals surface area contributed by atoms with Gasteiger partial charge in [-0.15, -0.1) is 0 Å². The molecule has 0 aliphatic carbocycles.